The SMILES string of the molecule is O=C(NC(C(=O)O[C@H]1C[N+]2(CC(=O)C3CC=CS3)CCC1CC2)c1ccccc1)c1ccccc1. The lowest BCUT2D eigenvalue weighted by molar-refractivity contribution is -0.939. The average Bonchev–Trinajstić information content (AvgIpc) is 3.44. The van der Waals surface area contributed by atoms with E-state index in [0.717, 1.165) is 32.4 Å². The number of nitrogens with zero attached hydrogens (tertiary/aromatic N) is 1. The lowest BCUT2D eigenvalue weighted by atomic mass is 9.82. The number of amides is 1. The van der Waals surface area contributed by atoms with Crippen LogP contribution in [0.15, 0.2) is 72.1 Å². The standard InChI is InChI=1S/C28H30N2O4S/c31-23(25-12-7-17-35-25)18-30-15-13-20(14-16-30)24(19-30)34-28(33)26(21-8-3-1-4-9-21)29-27(32)22-10-5-2-6-11-22/h1-11,17,20,24-26H,12-16,18-19H2/p+1/t20?,24-,25?,26?,30?/m0/s1. The third-order valence-electron chi connectivity index (χ3n) is 7.53. The van der Waals surface area contributed by atoms with Gasteiger partial charge in [0.2, 0.25) is 0 Å². The summed E-state index contributed by atoms with van der Waals surface area (Å²) in [6.45, 7) is 3.10. The molecule has 1 amide bonds. The van der Waals surface area contributed by atoms with Gasteiger partial charge < -0.3 is 14.5 Å². The third-order valence-corrected chi connectivity index (χ3v) is 8.66. The second-order valence-corrected chi connectivity index (χ2v) is 10.9. The number of benzene rings is 2. The number of allylic oxidation sites excluding steroid dienone is 1. The zero-order valence-corrected chi connectivity index (χ0v) is 20.5. The molecule has 1 N–H and O–H groups in total. The van der Waals surface area contributed by atoms with E-state index in [1.807, 2.05) is 41.8 Å². The molecule has 0 aromatic heterocycles. The minimum Gasteiger partial charge on any atom is -0.454 e. The van der Waals surface area contributed by atoms with E-state index in [1.165, 1.54) is 0 Å². The van der Waals surface area contributed by atoms with Crippen LogP contribution in [0.2, 0.25) is 0 Å². The van der Waals surface area contributed by atoms with Crippen molar-refractivity contribution < 1.29 is 23.6 Å². The molecule has 0 radical (unpaired) electrons. The molecule has 6 nitrogen and oxygen atoms in total. The Morgan fingerprint density at radius 1 is 1.00 bits per heavy atom. The number of Topliss-reactive ketones (excluding diaryl/α,β-unsaturated/α-hetero) is 1. The Morgan fingerprint density at radius 2 is 1.69 bits per heavy atom. The lowest BCUT2D eigenvalue weighted by Gasteiger charge is -2.51. The van der Waals surface area contributed by atoms with Crippen LogP contribution in [0.3, 0.4) is 0 Å². The van der Waals surface area contributed by atoms with Crippen molar-refractivity contribution in [3.05, 3.63) is 83.3 Å². The van der Waals surface area contributed by atoms with Crippen molar-refractivity contribution in [1.29, 1.82) is 0 Å². The van der Waals surface area contributed by atoms with Gasteiger partial charge in [-0.3, -0.25) is 9.59 Å². The van der Waals surface area contributed by atoms with E-state index >= 15 is 0 Å². The number of ether oxygens (including phenoxy) is 1. The van der Waals surface area contributed by atoms with Gasteiger partial charge in [0.25, 0.3) is 5.91 Å². The van der Waals surface area contributed by atoms with Gasteiger partial charge >= 0.3 is 5.97 Å². The maximum absolute atomic E-state index is 13.5. The van der Waals surface area contributed by atoms with Crippen LogP contribution in [0.1, 0.15) is 41.2 Å². The number of carbonyl (C=O) groups excluding carboxylic acids is 3. The number of fused-ring (bicyclic) bond motifs is 3. The fraction of sp³-hybridized carbons (Fsp3) is 0.393. The van der Waals surface area contributed by atoms with Gasteiger partial charge in [0.05, 0.1) is 18.3 Å². The Balaban J connectivity index is 1.29. The zero-order valence-electron chi connectivity index (χ0n) is 19.7. The Morgan fingerprint density at radius 3 is 2.34 bits per heavy atom. The molecule has 182 valence electrons. The van der Waals surface area contributed by atoms with Crippen molar-refractivity contribution in [2.45, 2.75) is 36.7 Å². The Kier molecular flexibility index (Phi) is 7.07. The zero-order chi connectivity index (χ0) is 24.3. The number of esters is 1. The summed E-state index contributed by atoms with van der Waals surface area (Å²) in [6, 6.07) is 17.2. The molecule has 2 unspecified atom stereocenters. The number of rotatable bonds is 8. The van der Waals surface area contributed by atoms with Gasteiger partial charge in [-0.2, -0.15) is 0 Å². The second-order valence-electron chi connectivity index (χ2n) is 9.82. The first kappa shape index (κ1) is 23.8. The quantitative estimate of drug-likeness (QED) is 0.448. The second kappa shape index (κ2) is 10.4. The molecule has 2 bridgehead atoms. The van der Waals surface area contributed by atoms with Crippen LogP contribution in [-0.2, 0) is 14.3 Å². The number of quaternary nitrogens is 1. The molecule has 3 fully saturated rings. The minimum absolute atomic E-state index is 0.0267. The van der Waals surface area contributed by atoms with E-state index in [2.05, 4.69) is 11.4 Å². The highest BCUT2D eigenvalue weighted by Crippen LogP contribution is 2.37. The highest BCUT2D eigenvalue weighted by molar-refractivity contribution is 8.03. The Hall–Kier alpha value is -2.90. The van der Waals surface area contributed by atoms with Crippen LogP contribution < -0.4 is 5.32 Å². The molecule has 0 aliphatic carbocycles. The van der Waals surface area contributed by atoms with E-state index < -0.39 is 12.0 Å². The number of ketones is 1. The molecule has 2 aromatic rings. The van der Waals surface area contributed by atoms with Gasteiger partial charge in [0.1, 0.15) is 13.1 Å². The summed E-state index contributed by atoms with van der Waals surface area (Å²) in [6.07, 6.45) is 4.53. The normalized spacial score (nSPS) is 27.8. The Bertz CT molecular complexity index is 1090. The molecule has 4 heterocycles. The smallest absolute Gasteiger partial charge is 0.333 e. The molecule has 3 atom stereocenters. The Labute approximate surface area is 210 Å². The van der Waals surface area contributed by atoms with Crippen molar-refractivity contribution in [1.82, 2.24) is 5.32 Å². The largest absolute Gasteiger partial charge is 0.454 e. The molecule has 2 aromatic carbocycles. The summed E-state index contributed by atoms with van der Waals surface area (Å²) >= 11 is 1.61. The highest BCUT2D eigenvalue weighted by atomic mass is 32.2. The number of nitrogens with one attached hydrogen (secondary N) is 1. The molecule has 4 aliphatic rings. The summed E-state index contributed by atoms with van der Waals surface area (Å²) in [5, 5.41) is 4.92. The average molecular weight is 492 g/mol. The first-order chi connectivity index (χ1) is 17.0. The van der Waals surface area contributed by atoms with Crippen molar-refractivity contribution in [3.8, 4) is 0 Å². The molecule has 3 saturated heterocycles. The van der Waals surface area contributed by atoms with Gasteiger partial charge in [-0.05, 0) is 29.5 Å². The molecule has 6 rings (SSSR count). The predicted molar refractivity (Wildman–Crippen MR) is 136 cm³/mol. The number of carbonyl (C=O) groups is 3. The van der Waals surface area contributed by atoms with Crippen LogP contribution in [0.25, 0.3) is 0 Å². The number of piperidine rings is 3. The summed E-state index contributed by atoms with van der Waals surface area (Å²) in [7, 11) is 0. The lowest BCUT2D eigenvalue weighted by Crippen LogP contribution is -2.66. The number of hydrogen-bond acceptors (Lipinski definition) is 5. The van der Waals surface area contributed by atoms with Gasteiger partial charge in [0.15, 0.2) is 17.9 Å². The monoisotopic (exact) mass is 491 g/mol. The molecule has 4 aliphatic heterocycles. The summed E-state index contributed by atoms with van der Waals surface area (Å²) in [5.74, 6) is -0.165. The van der Waals surface area contributed by atoms with Crippen LogP contribution >= 0.6 is 11.8 Å². The summed E-state index contributed by atoms with van der Waals surface area (Å²) in [5.41, 5.74) is 1.18. The summed E-state index contributed by atoms with van der Waals surface area (Å²) < 4.78 is 6.82. The van der Waals surface area contributed by atoms with E-state index in [9.17, 15) is 14.4 Å². The number of thioether (sulfide) groups is 1. The van der Waals surface area contributed by atoms with E-state index in [1.54, 1.807) is 36.0 Å². The summed E-state index contributed by atoms with van der Waals surface area (Å²) in [4.78, 5) is 39.3. The van der Waals surface area contributed by atoms with Crippen molar-refractivity contribution >= 4 is 29.4 Å². The van der Waals surface area contributed by atoms with Crippen molar-refractivity contribution in [2.24, 2.45) is 5.92 Å². The van der Waals surface area contributed by atoms with Gasteiger partial charge in [-0.1, -0.05) is 54.6 Å². The maximum atomic E-state index is 13.5. The maximum Gasteiger partial charge on any atom is 0.333 e. The third kappa shape index (κ3) is 5.36. The van der Waals surface area contributed by atoms with Crippen molar-refractivity contribution in [3.63, 3.8) is 0 Å². The molecule has 7 heteroatoms. The first-order valence-corrected chi connectivity index (χ1v) is 13.3. The molecular formula is C28H31N2O4S+. The minimum atomic E-state index is -0.893. The molecule has 0 saturated carbocycles. The van der Waals surface area contributed by atoms with Gasteiger partial charge in [0, 0.05) is 24.3 Å². The van der Waals surface area contributed by atoms with Crippen LogP contribution in [0.5, 0.6) is 0 Å². The fourth-order valence-electron chi connectivity index (χ4n) is 5.55. The van der Waals surface area contributed by atoms with E-state index in [-0.39, 0.29) is 17.3 Å². The predicted octanol–water partition coefficient (Wildman–Crippen LogP) is 3.90. The highest BCUT2D eigenvalue weighted by Gasteiger charge is 2.49. The number of hydrogen-bond donors (Lipinski definition) is 1. The van der Waals surface area contributed by atoms with Gasteiger partial charge in [-0.15, -0.1) is 11.8 Å². The fourth-order valence-corrected chi connectivity index (χ4v) is 6.41. The van der Waals surface area contributed by atoms with Gasteiger partial charge in [-0.25, -0.2) is 4.79 Å². The topological polar surface area (TPSA) is 72.5 Å². The first-order valence-electron chi connectivity index (χ1n) is 12.3. The molecule has 35 heavy (non-hydrogen) atoms. The van der Waals surface area contributed by atoms with Crippen LogP contribution in [0.4, 0.5) is 0 Å². The van der Waals surface area contributed by atoms with Crippen molar-refractivity contribution in [2.75, 3.05) is 26.2 Å². The molecule has 0 spiro atoms. The van der Waals surface area contributed by atoms with Crippen LogP contribution in [-0.4, -0.2) is 59.7 Å². The van der Waals surface area contributed by atoms with E-state index in [4.69, 9.17) is 4.74 Å². The van der Waals surface area contributed by atoms with Crippen LogP contribution in [0, 0.1) is 5.92 Å². The molecular weight excluding hydrogens is 460 g/mol. The van der Waals surface area contributed by atoms with E-state index in [0.29, 0.717) is 40.4 Å².